The molecule has 1 N–H and O–H groups in total. The number of H-pyrrole nitrogens is 1. The van der Waals surface area contributed by atoms with Gasteiger partial charge in [-0.25, -0.2) is 22.9 Å². The zero-order valence-electron chi connectivity index (χ0n) is 19.2. The summed E-state index contributed by atoms with van der Waals surface area (Å²) in [5.41, 5.74) is -2.33. The van der Waals surface area contributed by atoms with Crippen molar-refractivity contribution in [1.82, 2.24) is 24.7 Å². The maximum atomic E-state index is 14.2. The molecule has 15 heteroatoms. The summed E-state index contributed by atoms with van der Waals surface area (Å²) in [6.45, 7) is -0.458. The molecule has 0 amide bonds. The molecule has 0 fully saturated rings. The summed E-state index contributed by atoms with van der Waals surface area (Å²) in [5, 5.41) is 3.27. The molecular formula is C24H13F6N5O4. The van der Waals surface area contributed by atoms with E-state index >= 15 is 0 Å². The molecule has 3 aromatic heterocycles. The molecule has 5 rings (SSSR count). The Morgan fingerprint density at radius 3 is 2.41 bits per heavy atom. The van der Waals surface area contributed by atoms with Gasteiger partial charge in [0, 0.05) is 30.3 Å². The van der Waals surface area contributed by atoms with E-state index in [4.69, 9.17) is 4.74 Å². The molecule has 0 unspecified atom stereocenters. The predicted molar refractivity (Wildman–Crippen MR) is 121 cm³/mol. The Morgan fingerprint density at radius 2 is 1.74 bits per heavy atom. The highest BCUT2D eigenvalue weighted by molar-refractivity contribution is 5.79. The van der Waals surface area contributed by atoms with Gasteiger partial charge in [-0.2, -0.15) is 18.2 Å². The van der Waals surface area contributed by atoms with Crippen LogP contribution >= 0.6 is 0 Å². The van der Waals surface area contributed by atoms with Crippen molar-refractivity contribution < 1.29 is 35.6 Å². The number of ether oxygens (including phenoxy) is 1. The second kappa shape index (κ2) is 9.74. The van der Waals surface area contributed by atoms with Gasteiger partial charge >= 0.3 is 11.9 Å². The number of alkyl halides is 3. The monoisotopic (exact) mass is 549 g/mol. The van der Waals surface area contributed by atoms with Crippen molar-refractivity contribution >= 4 is 10.9 Å². The van der Waals surface area contributed by atoms with E-state index in [2.05, 4.69) is 24.6 Å². The second-order valence-corrected chi connectivity index (χ2v) is 8.22. The Balaban J connectivity index is 1.49. The summed E-state index contributed by atoms with van der Waals surface area (Å²) >= 11 is 0. The number of nitrogens with zero attached hydrogens (tertiary/aromatic N) is 4. The minimum atomic E-state index is -4.88. The van der Waals surface area contributed by atoms with Crippen LogP contribution in [0.25, 0.3) is 10.9 Å². The zero-order valence-corrected chi connectivity index (χ0v) is 19.2. The largest absolute Gasteiger partial charge is 0.438 e. The van der Waals surface area contributed by atoms with Crippen molar-refractivity contribution in [3.63, 3.8) is 0 Å². The number of fused-ring (bicyclic) bond motifs is 1. The SMILES string of the molecule is O=c1[nH]c(Cc2cnc(Oc3ccc4c(c3)c(=O)ncn4Cc3c(F)cc(F)cc3F)c(C(F)(F)F)c2)no1. The first-order valence-electron chi connectivity index (χ1n) is 10.9. The van der Waals surface area contributed by atoms with E-state index in [1.54, 1.807) is 0 Å². The highest BCUT2D eigenvalue weighted by Gasteiger charge is 2.36. The van der Waals surface area contributed by atoms with E-state index in [1.807, 2.05) is 0 Å². The summed E-state index contributed by atoms with van der Waals surface area (Å²) in [7, 11) is 0. The molecule has 0 bridgehead atoms. The molecule has 0 aliphatic rings. The number of halogens is 6. The van der Waals surface area contributed by atoms with Crippen molar-refractivity contribution in [2.45, 2.75) is 19.1 Å². The smallest absolute Gasteiger partial charge is 0.438 e. The first-order chi connectivity index (χ1) is 18.5. The van der Waals surface area contributed by atoms with Crippen LogP contribution in [0.2, 0.25) is 0 Å². The number of pyridine rings is 1. The van der Waals surface area contributed by atoms with Crippen LogP contribution in [-0.4, -0.2) is 24.7 Å². The first-order valence-corrected chi connectivity index (χ1v) is 10.9. The number of benzene rings is 2. The predicted octanol–water partition coefficient (Wildman–Crippen LogP) is 4.34. The maximum Gasteiger partial charge on any atom is 0.438 e. The third-order valence-electron chi connectivity index (χ3n) is 5.54. The molecule has 0 saturated carbocycles. The molecule has 0 saturated heterocycles. The lowest BCUT2D eigenvalue weighted by molar-refractivity contribution is -0.138. The minimum Gasteiger partial charge on any atom is -0.438 e. The summed E-state index contributed by atoms with van der Waals surface area (Å²) in [4.78, 5) is 33.1. The van der Waals surface area contributed by atoms with Gasteiger partial charge < -0.3 is 9.30 Å². The van der Waals surface area contributed by atoms with Crippen molar-refractivity contribution in [3.05, 3.63) is 110 Å². The average Bonchev–Trinajstić information content (AvgIpc) is 3.27. The van der Waals surface area contributed by atoms with Crippen LogP contribution in [-0.2, 0) is 19.1 Å². The van der Waals surface area contributed by atoms with E-state index in [1.165, 1.54) is 16.7 Å². The standard InChI is InChI=1S/C24H13F6N5O4/c25-12-5-17(26)15(18(27)6-12)9-35-10-32-21(36)14-7-13(1-2-19(14)35)38-22-16(24(28,29)30)3-11(8-31-22)4-20-33-23(37)39-34-20/h1-3,5-8,10H,4,9H2,(H,33,34,37). The molecule has 0 aliphatic carbocycles. The quantitative estimate of drug-likeness (QED) is 0.314. The molecule has 0 radical (unpaired) electrons. The van der Waals surface area contributed by atoms with E-state index in [0.717, 1.165) is 24.7 Å². The number of nitrogens with one attached hydrogen (secondary N) is 1. The van der Waals surface area contributed by atoms with Gasteiger partial charge in [-0.15, -0.1) is 0 Å². The van der Waals surface area contributed by atoms with Crippen LogP contribution in [0.5, 0.6) is 11.6 Å². The van der Waals surface area contributed by atoms with Crippen LogP contribution in [0.15, 0.2) is 63.0 Å². The average molecular weight is 549 g/mol. The van der Waals surface area contributed by atoms with Gasteiger partial charge in [0.1, 0.15) is 28.8 Å². The lowest BCUT2D eigenvalue weighted by Gasteiger charge is -2.15. The lowest BCUT2D eigenvalue weighted by Crippen LogP contribution is -2.14. The number of rotatable bonds is 6. The van der Waals surface area contributed by atoms with E-state index in [9.17, 15) is 35.9 Å². The van der Waals surface area contributed by atoms with Gasteiger partial charge in [-0.3, -0.25) is 14.3 Å². The van der Waals surface area contributed by atoms with Gasteiger partial charge in [0.05, 0.1) is 23.8 Å². The van der Waals surface area contributed by atoms with E-state index in [-0.39, 0.29) is 34.5 Å². The van der Waals surface area contributed by atoms with Crippen LogP contribution in [0.4, 0.5) is 26.3 Å². The topological polar surface area (TPSA) is 116 Å². The molecule has 0 atom stereocenters. The Morgan fingerprint density at radius 1 is 1.00 bits per heavy atom. The lowest BCUT2D eigenvalue weighted by atomic mass is 10.1. The molecule has 200 valence electrons. The Kier molecular flexibility index (Phi) is 6.41. The van der Waals surface area contributed by atoms with Gasteiger partial charge in [-0.1, -0.05) is 5.16 Å². The Bertz CT molecular complexity index is 1810. The maximum absolute atomic E-state index is 14.2. The second-order valence-electron chi connectivity index (χ2n) is 8.22. The zero-order chi connectivity index (χ0) is 27.9. The van der Waals surface area contributed by atoms with Crippen LogP contribution in [0.1, 0.15) is 22.5 Å². The number of aromatic nitrogens is 5. The third-order valence-corrected chi connectivity index (χ3v) is 5.54. The molecule has 5 aromatic rings. The normalized spacial score (nSPS) is 11.7. The molecule has 39 heavy (non-hydrogen) atoms. The highest BCUT2D eigenvalue weighted by atomic mass is 19.4. The van der Waals surface area contributed by atoms with Crippen LogP contribution in [0.3, 0.4) is 0 Å². The van der Waals surface area contributed by atoms with E-state index < -0.39 is 58.5 Å². The molecule has 9 nitrogen and oxygen atoms in total. The number of hydrogen-bond donors (Lipinski definition) is 1. The van der Waals surface area contributed by atoms with Crippen molar-refractivity contribution in [2.75, 3.05) is 0 Å². The highest BCUT2D eigenvalue weighted by Crippen LogP contribution is 2.38. The summed E-state index contributed by atoms with van der Waals surface area (Å²) in [6.07, 6.45) is -2.99. The Labute approximate surface area is 212 Å². The van der Waals surface area contributed by atoms with Crippen molar-refractivity contribution in [3.8, 4) is 11.6 Å². The number of hydrogen-bond acceptors (Lipinski definition) is 7. The first kappa shape index (κ1) is 25.7. The van der Waals surface area contributed by atoms with Gasteiger partial charge in [0.15, 0.2) is 5.82 Å². The fraction of sp³-hybridized carbons (Fsp3) is 0.125. The minimum absolute atomic E-state index is 0.0118. The number of aromatic amines is 1. The van der Waals surface area contributed by atoms with Gasteiger partial charge in [0.2, 0.25) is 5.88 Å². The van der Waals surface area contributed by atoms with Crippen molar-refractivity contribution in [2.24, 2.45) is 0 Å². The van der Waals surface area contributed by atoms with Crippen LogP contribution in [0, 0.1) is 17.5 Å². The van der Waals surface area contributed by atoms with Crippen molar-refractivity contribution in [1.29, 1.82) is 0 Å². The fourth-order valence-corrected chi connectivity index (χ4v) is 3.79. The molecule has 2 aromatic carbocycles. The van der Waals surface area contributed by atoms with Crippen LogP contribution < -0.4 is 16.1 Å². The molecule has 3 heterocycles. The molecule has 0 spiro atoms. The van der Waals surface area contributed by atoms with Gasteiger partial charge in [-0.05, 0) is 29.8 Å². The summed E-state index contributed by atoms with van der Waals surface area (Å²) in [5.74, 6) is -5.31. The molecular weight excluding hydrogens is 536 g/mol. The summed E-state index contributed by atoms with van der Waals surface area (Å²) in [6, 6.07) is 5.39. The van der Waals surface area contributed by atoms with E-state index in [0.29, 0.717) is 12.1 Å². The summed E-state index contributed by atoms with van der Waals surface area (Å²) < 4.78 is 93.8. The van der Waals surface area contributed by atoms with Gasteiger partial charge in [0.25, 0.3) is 5.56 Å². The Hall–Kier alpha value is -4.95. The third kappa shape index (κ3) is 5.37. The fourth-order valence-electron chi connectivity index (χ4n) is 3.79. The molecule has 0 aliphatic heterocycles.